The molecule has 0 aliphatic heterocycles. The minimum absolute atomic E-state index is 0.0382. The van der Waals surface area contributed by atoms with Crippen molar-refractivity contribution in [3.8, 4) is 0 Å². The largest absolute Gasteiger partial charge is 0.462 e. The molecule has 8 nitrogen and oxygen atoms in total. The van der Waals surface area contributed by atoms with E-state index in [2.05, 4.69) is 33.0 Å². The van der Waals surface area contributed by atoms with Gasteiger partial charge in [0.15, 0.2) is 0 Å². The summed E-state index contributed by atoms with van der Waals surface area (Å²) < 4.78 is 16.3. The molecule has 0 fully saturated rings. The standard InChI is InChI=1S/C20H41NO2.C17H33NO4/c1-3-5-7-9-11-13-16-19(15-12-10-8-6-4-2)23-20(22)17-14-18-21;1-6-8-11-14(10-7-2)21-15(19)12-9-13-18-16(20)22-17(3,4)5/h19H,3-18,21H2,1-2H3;14H,6-13H2,1-5H3,(H,18,20). The van der Waals surface area contributed by atoms with Gasteiger partial charge in [-0.3, -0.25) is 9.59 Å². The fourth-order valence-electron chi connectivity index (χ4n) is 4.88. The van der Waals surface area contributed by atoms with Gasteiger partial charge >= 0.3 is 18.0 Å². The zero-order valence-electron chi connectivity index (χ0n) is 30.7. The lowest BCUT2D eigenvalue weighted by molar-refractivity contribution is -0.150. The average Bonchev–Trinajstić information content (AvgIpc) is 2.98. The van der Waals surface area contributed by atoms with Gasteiger partial charge < -0.3 is 25.3 Å². The van der Waals surface area contributed by atoms with Gasteiger partial charge in [-0.25, -0.2) is 4.79 Å². The molecule has 0 saturated heterocycles. The molecule has 268 valence electrons. The highest BCUT2D eigenvalue weighted by Gasteiger charge is 2.17. The van der Waals surface area contributed by atoms with Crippen molar-refractivity contribution in [2.24, 2.45) is 5.73 Å². The van der Waals surface area contributed by atoms with Gasteiger partial charge in [0.05, 0.1) is 0 Å². The SMILES string of the molecule is CCCCC(CCC)OC(=O)CCCNC(=O)OC(C)(C)C.CCCCCCCCC(CCCCCCC)OC(=O)CCCN. The van der Waals surface area contributed by atoms with Gasteiger partial charge in [-0.2, -0.15) is 0 Å². The highest BCUT2D eigenvalue weighted by molar-refractivity contribution is 5.70. The first-order valence-corrected chi connectivity index (χ1v) is 18.6. The highest BCUT2D eigenvalue weighted by Crippen LogP contribution is 2.17. The Labute approximate surface area is 278 Å². The number of unbranched alkanes of at least 4 members (excludes halogenated alkanes) is 10. The van der Waals surface area contributed by atoms with E-state index in [9.17, 15) is 14.4 Å². The topological polar surface area (TPSA) is 117 Å². The smallest absolute Gasteiger partial charge is 0.407 e. The zero-order valence-corrected chi connectivity index (χ0v) is 30.7. The van der Waals surface area contributed by atoms with E-state index >= 15 is 0 Å². The number of alkyl carbamates (subject to hydrolysis) is 1. The Morgan fingerprint density at radius 2 is 1.02 bits per heavy atom. The molecule has 45 heavy (non-hydrogen) atoms. The Hall–Kier alpha value is -1.83. The van der Waals surface area contributed by atoms with Crippen molar-refractivity contribution in [3.63, 3.8) is 0 Å². The van der Waals surface area contributed by atoms with Crippen LogP contribution in [0, 0.1) is 0 Å². The summed E-state index contributed by atoms with van der Waals surface area (Å²) in [7, 11) is 0. The van der Waals surface area contributed by atoms with Crippen LogP contribution in [-0.4, -0.2) is 48.9 Å². The van der Waals surface area contributed by atoms with Crippen LogP contribution in [0.1, 0.15) is 190 Å². The molecule has 2 atom stereocenters. The third kappa shape index (κ3) is 34.9. The van der Waals surface area contributed by atoms with Crippen LogP contribution in [0.25, 0.3) is 0 Å². The van der Waals surface area contributed by atoms with Crippen molar-refractivity contribution in [2.45, 2.75) is 208 Å². The summed E-state index contributed by atoms with van der Waals surface area (Å²) in [4.78, 5) is 35.1. The fourth-order valence-corrected chi connectivity index (χ4v) is 4.88. The number of esters is 2. The van der Waals surface area contributed by atoms with Crippen molar-refractivity contribution >= 4 is 18.0 Å². The van der Waals surface area contributed by atoms with Crippen molar-refractivity contribution in [1.82, 2.24) is 5.32 Å². The molecule has 0 radical (unpaired) electrons. The molecule has 1 amide bonds. The van der Waals surface area contributed by atoms with Crippen LogP contribution in [0.2, 0.25) is 0 Å². The summed E-state index contributed by atoms with van der Waals surface area (Å²) in [6.45, 7) is 15.1. The molecule has 0 bridgehead atoms. The quantitative estimate of drug-likeness (QED) is 0.0520. The highest BCUT2D eigenvalue weighted by atomic mass is 16.6. The number of nitrogens with one attached hydrogen (secondary N) is 1. The van der Waals surface area contributed by atoms with Crippen molar-refractivity contribution in [1.29, 1.82) is 0 Å². The minimum Gasteiger partial charge on any atom is -0.462 e. The number of ether oxygens (including phenoxy) is 3. The van der Waals surface area contributed by atoms with Crippen LogP contribution in [0.4, 0.5) is 4.79 Å². The molecule has 0 spiro atoms. The van der Waals surface area contributed by atoms with Crippen LogP contribution in [0.5, 0.6) is 0 Å². The first-order chi connectivity index (χ1) is 21.5. The minimum atomic E-state index is -0.504. The second-order valence-electron chi connectivity index (χ2n) is 13.3. The molecular weight excluding hydrogens is 568 g/mol. The second kappa shape index (κ2) is 32.1. The number of amides is 1. The average molecular weight is 643 g/mol. The Morgan fingerprint density at radius 3 is 1.49 bits per heavy atom. The Bertz CT molecular complexity index is 695. The lowest BCUT2D eigenvalue weighted by atomic mass is 10.0. The molecule has 0 aliphatic carbocycles. The summed E-state index contributed by atoms with van der Waals surface area (Å²) >= 11 is 0. The van der Waals surface area contributed by atoms with E-state index in [1.165, 1.54) is 70.6 Å². The Kier molecular flexibility index (Phi) is 32.3. The molecule has 0 saturated carbocycles. The molecule has 0 aliphatic rings. The number of carbonyl (C=O) groups is 3. The monoisotopic (exact) mass is 643 g/mol. The number of carbonyl (C=O) groups excluding carboxylic acids is 3. The molecule has 0 aromatic rings. The molecule has 8 heteroatoms. The van der Waals surface area contributed by atoms with E-state index in [-0.39, 0.29) is 24.1 Å². The maximum Gasteiger partial charge on any atom is 0.407 e. The van der Waals surface area contributed by atoms with Gasteiger partial charge in [0.2, 0.25) is 0 Å². The van der Waals surface area contributed by atoms with Crippen molar-refractivity contribution in [2.75, 3.05) is 13.1 Å². The first kappa shape index (κ1) is 45.3. The van der Waals surface area contributed by atoms with E-state index in [0.29, 0.717) is 32.4 Å². The molecule has 2 unspecified atom stereocenters. The molecule has 3 N–H and O–H groups in total. The van der Waals surface area contributed by atoms with Gasteiger partial charge in [0.1, 0.15) is 17.8 Å². The normalized spacial score (nSPS) is 12.4. The molecule has 0 heterocycles. The summed E-state index contributed by atoms with van der Waals surface area (Å²) in [5.41, 5.74) is 4.96. The lowest BCUT2D eigenvalue weighted by Crippen LogP contribution is -2.33. The van der Waals surface area contributed by atoms with Crippen LogP contribution in [-0.2, 0) is 23.8 Å². The summed E-state index contributed by atoms with van der Waals surface area (Å²) in [6.07, 6.45) is 23.0. The first-order valence-electron chi connectivity index (χ1n) is 18.6. The van der Waals surface area contributed by atoms with E-state index in [1.54, 1.807) is 0 Å². The van der Waals surface area contributed by atoms with E-state index in [4.69, 9.17) is 19.9 Å². The van der Waals surface area contributed by atoms with Crippen molar-refractivity contribution < 1.29 is 28.6 Å². The van der Waals surface area contributed by atoms with Crippen LogP contribution >= 0.6 is 0 Å². The molecule has 0 aromatic carbocycles. The van der Waals surface area contributed by atoms with Gasteiger partial charge in [-0.1, -0.05) is 105 Å². The van der Waals surface area contributed by atoms with Crippen LogP contribution in [0.15, 0.2) is 0 Å². The van der Waals surface area contributed by atoms with Gasteiger partial charge in [0.25, 0.3) is 0 Å². The molecule has 0 rings (SSSR count). The number of nitrogens with two attached hydrogens (primary N) is 1. The third-order valence-electron chi connectivity index (χ3n) is 7.41. The lowest BCUT2D eigenvalue weighted by Gasteiger charge is -2.19. The van der Waals surface area contributed by atoms with E-state index in [0.717, 1.165) is 51.4 Å². The predicted octanol–water partition coefficient (Wildman–Crippen LogP) is 9.94. The zero-order chi connectivity index (χ0) is 34.2. The molecule has 0 aromatic heterocycles. The number of hydrogen-bond acceptors (Lipinski definition) is 7. The summed E-state index contributed by atoms with van der Waals surface area (Å²) in [5, 5.41) is 2.64. The van der Waals surface area contributed by atoms with Crippen LogP contribution in [0.3, 0.4) is 0 Å². The summed E-state index contributed by atoms with van der Waals surface area (Å²) in [5.74, 6) is -0.236. The fraction of sp³-hybridized carbons (Fsp3) is 0.919. The maximum absolute atomic E-state index is 11.8. The maximum atomic E-state index is 11.8. The van der Waals surface area contributed by atoms with Crippen molar-refractivity contribution in [3.05, 3.63) is 0 Å². The Morgan fingerprint density at radius 1 is 0.578 bits per heavy atom. The van der Waals surface area contributed by atoms with Gasteiger partial charge in [-0.05, 0) is 78.7 Å². The third-order valence-corrected chi connectivity index (χ3v) is 7.41. The van der Waals surface area contributed by atoms with E-state index < -0.39 is 11.7 Å². The number of hydrogen-bond donors (Lipinski definition) is 2. The Balaban J connectivity index is 0. The second-order valence-corrected chi connectivity index (χ2v) is 13.3. The van der Waals surface area contributed by atoms with E-state index in [1.807, 2.05) is 20.8 Å². The van der Waals surface area contributed by atoms with Crippen LogP contribution < -0.4 is 11.1 Å². The van der Waals surface area contributed by atoms with Gasteiger partial charge in [-0.15, -0.1) is 0 Å². The van der Waals surface area contributed by atoms with Gasteiger partial charge in [0, 0.05) is 19.4 Å². The predicted molar refractivity (Wildman–Crippen MR) is 187 cm³/mol. The number of rotatable bonds is 27. The molecular formula is C37H74N2O6. The summed E-state index contributed by atoms with van der Waals surface area (Å²) in [6, 6.07) is 0.